The minimum atomic E-state index is -0.575. The van der Waals surface area contributed by atoms with E-state index >= 15 is 0 Å². The molecule has 1 atom stereocenters. The molecule has 0 saturated carbocycles. The van der Waals surface area contributed by atoms with Crippen LogP contribution in [0.25, 0.3) is 11.0 Å². The summed E-state index contributed by atoms with van der Waals surface area (Å²) in [6, 6.07) is 14.6. The second-order valence-electron chi connectivity index (χ2n) is 8.43. The number of hydrogen-bond donors (Lipinski definition) is 0. The molecule has 3 heterocycles. The topological polar surface area (TPSA) is 63.4 Å². The van der Waals surface area contributed by atoms with E-state index in [2.05, 4.69) is 37.9 Å². The Balaban J connectivity index is 1.76. The van der Waals surface area contributed by atoms with Crippen molar-refractivity contribution in [1.29, 1.82) is 0 Å². The lowest BCUT2D eigenvalue weighted by Gasteiger charge is -2.24. The van der Waals surface area contributed by atoms with Crippen molar-refractivity contribution in [3.8, 4) is 0 Å². The Labute approximate surface area is 177 Å². The highest BCUT2D eigenvalue weighted by Crippen LogP contribution is 2.42. The molecule has 1 amide bonds. The Hall–Kier alpha value is -3.25. The van der Waals surface area contributed by atoms with Crippen molar-refractivity contribution >= 4 is 33.3 Å². The molecular formula is C24H20N2O3S. The number of aromatic nitrogens is 1. The van der Waals surface area contributed by atoms with Crippen molar-refractivity contribution in [2.75, 3.05) is 4.90 Å². The van der Waals surface area contributed by atoms with Gasteiger partial charge in [0.2, 0.25) is 5.76 Å². The van der Waals surface area contributed by atoms with E-state index in [-0.39, 0.29) is 22.5 Å². The summed E-state index contributed by atoms with van der Waals surface area (Å²) in [6.45, 7) is 6.46. The van der Waals surface area contributed by atoms with Gasteiger partial charge >= 0.3 is 0 Å². The average Bonchev–Trinajstić information content (AvgIpc) is 3.34. The average molecular weight is 417 g/mol. The fourth-order valence-electron chi connectivity index (χ4n) is 3.93. The third kappa shape index (κ3) is 2.79. The Morgan fingerprint density at radius 1 is 1.03 bits per heavy atom. The first-order valence-corrected chi connectivity index (χ1v) is 10.6. The predicted molar refractivity (Wildman–Crippen MR) is 118 cm³/mol. The summed E-state index contributed by atoms with van der Waals surface area (Å²) < 4.78 is 5.94. The highest BCUT2D eigenvalue weighted by atomic mass is 32.1. The highest BCUT2D eigenvalue weighted by molar-refractivity contribution is 7.13. The molecule has 1 aliphatic rings. The van der Waals surface area contributed by atoms with Gasteiger partial charge in [-0.15, -0.1) is 11.3 Å². The zero-order chi connectivity index (χ0) is 21.0. The minimum absolute atomic E-state index is 0.00611. The molecule has 0 N–H and O–H groups in total. The van der Waals surface area contributed by atoms with E-state index in [4.69, 9.17) is 4.42 Å². The molecule has 0 spiro atoms. The van der Waals surface area contributed by atoms with Crippen molar-refractivity contribution in [3.05, 3.63) is 92.8 Å². The zero-order valence-corrected chi connectivity index (χ0v) is 17.7. The lowest BCUT2D eigenvalue weighted by molar-refractivity contribution is 0.0971. The van der Waals surface area contributed by atoms with Gasteiger partial charge in [0.25, 0.3) is 5.91 Å². The number of rotatable bonds is 2. The van der Waals surface area contributed by atoms with Crippen LogP contribution in [0.2, 0.25) is 0 Å². The molecule has 6 heteroatoms. The molecule has 5 nitrogen and oxygen atoms in total. The van der Waals surface area contributed by atoms with Crippen molar-refractivity contribution in [3.63, 3.8) is 0 Å². The lowest BCUT2D eigenvalue weighted by Crippen LogP contribution is -2.29. The summed E-state index contributed by atoms with van der Waals surface area (Å²) >= 11 is 1.36. The molecule has 0 fully saturated rings. The van der Waals surface area contributed by atoms with E-state index in [1.807, 2.05) is 17.5 Å². The van der Waals surface area contributed by atoms with Gasteiger partial charge in [-0.2, -0.15) is 0 Å². The van der Waals surface area contributed by atoms with Crippen LogP contribution in [-0.2, 0) is 5.41 Å². The number of benzene rings is 2. The molecule has 2 aromatic carbocycles. The van der Waals surface area contributed by atoms with E-state index in [0.29, 0.717) is 21.7 Å². The third-order valence-electron chi connectivity index (χ3n) is 5.50. The van der Waals surface area contributed by atoms with Crippen LogP contribution in [0.4, 0.5) is 5.13 Å². The van der Waals surface area contributed by atoms with Gasteiger partial charge in [0, 0.05) is 11.6 Å². The molecule has 150 valence electrons. The summed E-state index contributed by atoms with van der Waals surface area (Å²) in [6.07, 6.45) is 1.65. The van der Waals surface area contributed by atoms with Gasteiger partial charge in [-0.1, -0.05) is 57.2 Å². The van der Waals surface area contributed by atoms with Gasteiger partial charge in [-0.25, -0.2) is 4.98 Å². The highest BCUT2D eigenvalue weighted by Gasteiger charge is 2.44. The van der Waals surface area contributed by atoms with E-state index in [9.17, 15) is 9.59 Å². The SMILES string of the molecule is CC(C)(C)c1ccc([C@@H]2c3c(oc4ccccc4c3=O)C(=O)N2c2nccs2)cc1. The van der Waals surface area contributed by atoms with Crippen LogP contribution < -0.4 is 10.3 Å². The smallest absolute Gasteiger partial charge is 0.297 e. The van der Waals surface area contributed by atoms with Gasteiger partial charge in [0.1, 0.15) is 5.58 Å². The number of hydrogen-bond acceptors (Lipinski definition) is 5. The van der Waals surface area contributed by atoms with Crippen molar-refractivity contribution in [2.45, 2.75) is 32.2 Å². The van der Waals surface area contributed by atoms with Gasteiger partial charge in [0.15, 0.2) is 10.6 Å². The number of amides is 1. The second kappa shape index (κ2) is 6.64. The largest absolute Gasteiger partial charge is 0.450 e. The Morgan fingerprint density at radius 2 is 1.77 bits per heavy atom. The first-order chi connectivity index (χ1) is 14.4. The molecule has 0 bridgehead atoms. The Morgan fingerprint density at radius 3 is 2.43 bits per heavy atom. The molecule has 0 aliphatic carbocycles. The summed E-state index contributed by atoms with van der Waals surface area (Å²) in [5.41, 5.74) is 2.65. The van der Waals surface area contributed by atoms with Crippen LogP contribution in [0.3, 0.4) is 0 Å². The van der Waals surface area contributed by atoms with Crippen molar-refractivity contribution < 1.29 is 9.21 Å². The first-order valence-electron chi connectivity index (χ1n) is 9.75. The van der Waals surface area contributed by atoms with Gasteiger partial charge in [-0.05, 0) is 28.7 Å². The Kier molecular flexibility index (Phi) is 4.15. The van der Waals surface area contributed by atoms with E-state index in [1.54, 1.807) is 35.4 Å². The molecule has 0 radical (unpaired) electrons. The fraction of sp³-hybridized carbons (Fsp3) is 0.208. The van der Waals surface area contributed by atoms with Crippen LogP contribution in [0.1, 0.15) is 54.1 Å². The maximum Gasteiger partial charge on any atom is 0.297 e. The maximum atomic E-state index is 13.4. The number of anilines is 1. The summed E-state index contributed by atoms with van der Waals surface area (Å²) in [7, 11) is 0. The third-order valence-corrected chi connectivity index (χ3v) is 6.27. The molecule has 30 heavy (non-hydrogen) atoms. The number of carbonyl (C=O) groups excluding carboxylic acids is 1. The van der Waals surface area contributed by atoms with Gasteiger partial charge in [0.05, 0.1) is 17.0 Å². The summed E-state index contributed by atoms with van der Waals surface area (Å²) in [5, 5.41) is 2.83. The maximum absolute atomic E-state index is 13.4. The van der Waals surface area contributed by atoms with Gasteiger partial charge < -0.3 is 4.42 Å². The van der Waals surface area contributed by atoms with Crippen LogP contribution >= 0.6 is 11.3 Å². The molecule has 5 rings (SSSR count). The van der Waals surface area contributed by atoms with Crippen molar-refractivity contribution in [2.24, 2.45) is 0 Å². The summed E-state index contributed by atoms with van der Waals surface area (Å²) in [4.78, 5) is 32.7. The standard InChI is InChI=1S/C24H20N2O3S/c1-24(2,3)15-10-8-14(9-11-15)19-18-20(27)16-6-4-5-7-17(16)29-21(18)22(28)26(19)23-25-12-13-30-23/h4-13,19H,1-3H3/t19-/m1/s1. The Bertz CT molecular complexity index is 1320. The monoisotopic (exact) mass is 416 g/mol. The summed E-state index contributed by atoms with van der Waals surface area (Å²) in [5.74, 6) is -0.244. The number of fused-ring (bicyclic) bond motifs is 2. The van der Waals surface area contributed by atoms with E-state index in [0.717, 1.165) is 5.56 Å². The lowest BCUT2D eigenvalue weighted by atomic mass is 9.86. The molecule has 4 aromatic rings. The van der Waals surface area contributed by atoms with Crippen LogP contribution in [-0.4, -0.2) is 10.9 Å². The predicted octanol–water partition coefficient (Wildman–Crippen LogP) is 5.30. The first kappa shape index (κ1) is 18.8. The van der Waals surface area contributed by atoms with E-state index in [1.165, 1.54) is 16.9 Å². The number of nitrogens with zero attached hydrogens (tertiary/aromatic N) is 2. The zero-order valence-electron chi connectivity index (χ0n) is 16.9. The van der Waals surface area contributed by atoms with Crippen molar-refractivity contribution in [1.82, 2.24) is 4.98 Å². The van der Waals surface area contributed by atoms with Crippen LogP contribution in [0, 0.1) is 0 Å². The van der Waals surface area contributed by atoms with E-state index < -0.39 is 6.04 Å². The van der Waals surface area contributed by atoms with Crippen LogP contribution in [0.5, 0.6) is 0 Å². The fourth-order valence-corrected chi connectivity index (χ4v) is 4.60. The van der Waals surface area contributed by atoms with Gasteiger partial charge in [-0.3, -0.25) is 14.5 Å². The number of thiazole rings is 1. The molecule has 2 aromatic heterocycles. The minimum Gasteiger partial charge on any atom is -0.450 e. The number of para-hydroxylation sites is 1. The number of carbonyl (C=O) groups is 1. The molecular weight excluding hydrogens is 396 g/mol. The quantitative estimate of drug-likeness (QED) is 0.445. The normalized spacial score (nSPS) is 16.3. The molecule has 0 saturated heterocycles. The van der Waals surface area contributed by atoms with Crippen LogP contribution in [0.15, 0.2) is 69.3 Å². The molecule has 0 unspecified atom stereocenters. The second-order valence-corrected chi connectivity index (χ2v) is 9.31. The molecule has 1 aliphatic heterocycles.